The number of carbonyl (C=O) groups is 1. The van der Waals surface area contributed by atoms with Crippen LogP contribution >= 0.6 is 0 Å². The molecule has 0 aliphatic carbocycles. The van der Waals surface area contributed by atoms with E-state index in [0.29, 0.717) is 6.54 Å². The van der Waals surface area contributed by atoms with Crippen molar-refractivity contribution < 1.29 is 23.1 Å². The summed E-state index contributed by atoms with van der Waals surface area (Å²) in [5.74, 6) is -0.341. The van der Waals surface area contributed by atoms with Gasteiger partial charge in [0.05, 0.1) is 13.1 Å². The lowest BCUT2D eigenvalue weighted by atomic mass is 10.2. The summed E-state index contributed by atoms with van der Waals surface area (Å²) in [6, 6.07) is 7.41. The van der Waals surface area contributed by atoms with E-state index in [-0.39, 0.29) is 32.0 Å². The molecule has 2 rings (SSSR count). The number of carbonyl (C=O) groups excluding carboxylic acids is 1. The first-order chi connectivity index (χ1) is 10.4. The van der Waals surface area contributed by atoms with Gasteiger partial charge in [-0.2, -0.15) is 13.2 Å². The molecule has 1 aromatic rings. The zero-order valence-corrected chi connectivity index (χ0v) is 12.1. The van der Waals surface area contributed by atoms with Gasteiger partial charge in [-0.25, -0.2) is 0 Å². The number of halogens is 3. The van der Waals surface area contributed by atoms with Crippen molar-refractivity contribution in [1.82, 2.24) is 4.90 Å². The molecule has 0 spiro atoms. The van der Waals surface area contributed by atoms with Gasteiger partial charge >= 0.3 is 6.18 Å². The van der Waals surface area contributed by atoms with Gasteiger partial charge in [0, 0.05) is 25.4 Å². The van der Waals surface area contributed by atoms with Crippen molar-refractivity contribution in [2.75, 3.05) is 37.7 Å². The quantitative estimate of drug-likeness (QED) is 0.871. The standard InChI is InChI=1S/C15H19F3N2O2/c16-15(17,18)11-19(7-3-9-21)10-14(22)20-8-6-12-4-1-2-5-13(12)20/h1-2,4-5,21H,3,6-11H2. The second-order valence-corrected chi connectivity index (χ2v) is 5.33. The summed E-state index contributed by atoms with van der Waals surface area (Å²) in [5, 5.41) is 8.79. The van der Waals surface area contributed by atoms with E-state index in [9.17, 15) is 18.0 Å². The Kier molecular flexibility index (Phi) is 5.42. The number of aliphatic hydroxyl groups excluding tert-OH is 1. The minimum Gasteiger partial charge on any atom is -0.396 e. The second-order valence-electron chi connectivity index (χ2n) is 5.33. The number of amides is 1. The maximum Gasteiger partial charge on any atom is 0.401 e. The summed E-state index contributed by atoms with van der Waals surface area (Å²) in [7, 11) is 0. The number of alkyl halides is 3. The van der Waals surface area contributed by atoms with Crippen LogP contribution in [0.5, 0.6) is 0 Å². The third-order valence-electron chi connectivity index (χ3n) is 3.58. The number of hydrogen-bond acceptors (Lipinski definition) is 3. The van der Waals surface area contributed by atoms with Crippen LogP contribution in [0, 0.1) is 0 Å². The van der Waals surface area contributed by atoms with Crippen molar-refractivity contribution in [1.29, 1.82) is 0 Å². The average molecular weight is 316 g/mol. The summed E-state index contributed by atoms with van der Waals surface area (Å²) < 4.78 is 37.7. The zero-order chi connectivity index (χ0) is 16.2. The van der Waals surface area contributed by atoms with Crippen LogP contribution in [0.25, 0.3) is 0 Å². The maximum absolute atomic E-state index is 12.6. The summed E-state index contributed by atoms with van der Waals surface area (Å²) in [4.78, 5) is 14.9. The first-order valence-electron chi connectivity index (χ1n) is 7.19. The van der Waals surface area contributed by atoms with Crippen molar-refractivity contribution in [2.45, 2.75) is 19.0 Å². The van der Waals surface area contributed by atoms with Crippen LogP contribution in [0.3, 0.4) is 0 Å². The second kappa shape index (κ2) is 7.11. The first kappa shape index (κ1) is 16.8. The topological polar surface area (TPSA) is 43.8 Å². The summed E-state index contributed by atoms with van der Waals surface area (Å²) >= 11 is 0. The van der Waals surface area contributed by atoms with Crippen molar-refractivity contribution in [3.05, 3.63) is 29.8 Å². The predicted octanol–water partition coefficient (Wildman–Crippen LogP) is 1.82. The molecule has 22 heavy (non-hydrogen) atoms. The van der Waals surface area contributed by atoms with Crippen LogP contribution in [0.1, 0.15) is 12.0 Å². The van der Waals surface area contributed by atoms with Gasteiger partial charge < -0.3 is 10.0 Å². The van der Waals surface area contributed by atoms with Gasteiger partial charge in [-0.05, 0) is 24.5 Å². The summed E-state index contributed by atoms with van der Waals surface area (Å²) in [6.45, 7) is -1.10. The highest BCUT2D eigenvalue weighted by Crippen LogP contribution is 2.27. The van der Waals surface area contributed by atoms with Crippen LogP contribution in [-0.4, -0.2) is 54.9 Å². The van der Waals surface area contributed by atoms with Gasteiger partial charge in [0.2, 0.25) is 5.91 Å². The molecule has 0 fully saturated rings. The highest BCUT2D eigenvalue weighted by Gasteiger charge is 2.33. The Morgan fingerprint density at radius 3 is 2.73 bits per heavy atom. The highest BCUT2D eigenvalue weighted by molar-refractivity contribution is 5.96. The van der Waals surface area contributed by atoms with Crippen molar-refractivity contribution >= 4 is 11.6 Å². The molecule has 1 aliphatic heterocycles. The molecule has 1 heterocycles. The normalized spacial score (nSPS) is 14.5. The number of fused-ring (bicyclic) bond motifs is 1. The Labute approximate surface area is 127 Å². The van der Waals surface area contributed by atoms with Crippen LogP contribution in [-0.2, 0) is 11.2 Å². The van der Waals surface area contributed by atoms with Crippen molar-refractivity contribution in [2.24, 2.45) is 0 Å². The molecule has 0 unspecified atom stereocenters. The number of nitrogens with zero attached hydrogens (tertiary/aromatic N) is 2. The molecule has 0 saturated heterocycles. The van der Waals surface area contributed by atoms with E-state index < -0.39 is 12.7 Å². The van der Waals surface area contributed by atoms with Gasteiger partial charge in [-0.3, -0.25) is 9.69 Å². The number of anilines is 1. The molecule has 1 aromatic carbocycles. The van der Waals surface area contributed by atoms with Crippen LogP contribution in [0.15, 0.2) is 24.3 Å². The molecule has 1 amide bonds. The molecule has 0 saturated carbocycles. The molecule has 1 aliphatic rings. The number of aliphatic hydroxyl groups is 1. The van der Waals surface area contributed by atoms with Gasteiger partial charge in [0.15, 0.2) is 0 Å². The molecule has 7 heteroatoms. The Balaban J connectivity index is 2.02. The first-order valence-corrected chi connectivity index (χ1v) is 7.19. The summed E-state index contributed by atoms with van der Waals surface area (Å²) in [5.41, 5.74) is 1.81. The van der Waals surface area contributed by atoms with Crippen LogP contribution in [0.4, 0.5) is 18.9 Å². The highest BCUT2D eigenvalue weighted by atomic mass is 19.4. The molecule has 122 valence electrons. The van der Waals surface area contributed by atoms with E-state index in [4.69, 9.17) is 5.11 Å². The van der Waals surface area contributed by atoms with Crippen molar-refractivity contribution in [3.63, 3.8) is 0 Å². The average Bonchev–Trinajstić information content (AvgIpc) is 2.87. The minimum absolute atomic E-state index is 0.0389. The van der Waals surface area contributed by atoms with E-state index in [0.717, 1.165) is 22.6 Å². The molecule has 0 bridgehead atoms. The molecule has 0 radical (unpaired) electrons. The fourth-order valence-corrected chi connectivity index (χ4v) is 2.64. The fourth-order valence-electron chi connectivity index (χ4n) is 2.64. The van der Waals surface area contributed by atoms with E-state index in [1.54, 1.807) is 0 Å². The lowest BCUT2D eigenvalue weighted by Gasteiger charge is -2.25. The SMILES string of the molecule is O=C(CN(CCCO)CC(F)(F)F)N1CCc2ccccc21. The molecular weight excluding hydrogens is 297 g/mol. The lowest BCUT2D eigenvalue weighted by Crippen LogP contribution is -2.43. The molecule has 0 atom stereocenters. The maximum atomic E-state index is 12.6. The Morgan fingerprint density at radius 2 is 2.05 bits per heavy atom. The number of benzene rings is 1. The predicted molar refractivity (Wildman–Crippen MR) is 76.7 cm³/mol. The third kappa shape index (κ3) is 4.45. The van der Waals surface area contributed by atoms with Gasteiger partial charge in [-0.15, -0.1) is 0 Å². The van der Waals surface area contributed by atoms with Gasteiger partial charge in [0.25, 0.3) is 0 Å². The van der Waals surface area contributed by atoms with Crippen LogP contribution in [0.2, 0.25) is 0 Å². The van der Waals surface area contributed by atoms with E-state index in [2.05, 4.69) is 0 Å². The smallest absolute Gasteiger partial charge is 0.396 e. The number of para-hydroxylation sites is 1. The van der Waals surface area contributed by atoms with Crippen molar-refractivity contribution in [3.8, 4) is 0 Å². The third-order valence-corrected chi connectivity index (χ3v) is 3.58. The minimum atomic E-state index is -4.36. The van der Waals surface area contributed by atoms with E-state index >= 15 is 0 Å². The fraction of sp³-hybridized carbons (Fsp3) is 0.533. The lowest BCUT2D eigenvalue weighted by molar-refractivity contribution is -0.148. The van der Waals surface area contributed by atoms with E-state index in [1.807, 2.05) is 24.3 Å². The Bertz CT molecular complexity index is 520. The largest absolute Gasteiger partial charge is 0.401 e. The Morgan fingerprint density at radius 1 is 1.32 bits per heavy atom. The monoisotopic (exact) mass is 316 g/mol. The number of hydrogen-bond donors (Lipinski definition) is 1. The summed E-state index contributed by atoms with van der Waals surface area (Å²) in [6.07, 6.45) is -3.43. The molecular formula is C15H19F3N2O2. The number of rotatable bonds is 6. The molecule has 1 N–H and O–H groups in total. The zero-order valence-electron chi connectivity index (χ0n) is 12.1. The van der Waals surface area contributed by atoms with Gasteiger partial charge in [-0.1, -0.05) is 18.2 Å². The molecule has 4 nitrogen and oxygen atoms in total. The van der Waals surface area contributed by atoms with Gasteiger partial charge in [0.1, 0.15) is 0 Å². The Hall–Kier alpha value is -1.60. The van der Waals surface area contributed by atoms with E-state index in [1.165, 1.54) is 4.90 Å². The molecule has 0 aromatic heterocycles. The van der Waals surface area contributed by atoms with Crippen LogP contribution < -0.4 is 4.90 Å².